The second kappa shape index (κ2) is 4.13. The topological polar surface area (TPSA) is 26.3 Å². The van der Waals surface area contributed by atoms with Crippen molar-refractivity contribution in [3.05, 3.63) is 30.3 Å². The Kier molecular flexibility index (Phi) is 4.19. The first-order chi connectivity index (χ1) is 5.33. The summed E-state index contributed by atoms with van der Waals surface area (Å²) < 4.78 is 17.1. The molecule has 4 heteroatoms. The van der Waals surface area contributed by atoms with Gasteiger partial charge in [0.2, 0.25) is 0 Å². The van der Waals surface area contributed by atoms with Crippen LogP contribution in [0.3, 0.4) is 0 Å². The summed E-state index contributed by atoms with van der Waals surface area (Å²) in [5.74, 6) is 0.655. The zero-order valence-electron chi connectivity index (χ0n) is 7.61. The fourth-order valence-electron chi connectivity index (χ4n) is 0.804. The fourth-order valence-corrected chi connectivity index (χ4v) is 1.57. The van der Waals surface area contributed by atoms with Crippen LogP contribution in [0.4, 0.5) is 0 Å². The van der Waals surface area contributed by atoms with Crippen molar-refractivity contribution < 1.29 is 8.39 Å². The van der Waals surface area contributed by atoms with Crippen molar-refractivity contribution in [2.45, 2.75) is 0 Å². The van der Waals surface area contributed by atoms with Gasteiger partial charge in [0, 0.05) is 18.8 Å². The molecule has 70 valence electrons. The van der Waals surface area contributed by atoms with E-state index in [1.54, 1.807) is 30.9 Å². The van der Waals surface area contributed by atoms with Crippen LogP contribution in [0.2, 0.25) is 0 Å². The van der Waals surface area contributed by atoms with E-state index in [9.17, 15) is 4.21 Å². The second-order valence-corrected chi connectivity index (χ2v) is 8.44. The van der Waals surface area contributed by atoms with Crippen LogP contribution in [0, 0.1) is 0 Å². The van der Waals surface area contributed by atoms with E-state index in [4.69, 9.17) is 4.18 Å². The fraction of sp³-hybridized carbons (Fsp3) is 0.333. The third-order valence-electron chi connectivity index (χ3n) is 1.12. The molecule has 1 aromatic rings. The summed E-state index contributed by atoms with van der Waals surface area (Å²) >= 11 is 0. The molecule has 13 heavy (non-hydrogen) atoms. The Morgan fingerprint density at radius 1 is 1.08 bits per heavy atom. The Morgan fingerprint density at radius 2 is 1.54 bits per heavy atom. The number of para-hydroxylation sites is 1. The van der Waals surface area contributed by atoms with Crippen LogP contribution >= 0.6 is 0 Å². The summed E-state index contributed by atoms with van der Waals surface area (Å²) in [6.07, 6.45) is 4.85. The van der Waals surface area contributed by atoms with Gasteiger partial charge in [-0.25, -0.2) is 0 Å². The molecule has 0 heterocycles. The van der Waals surface area contributed by atoms with E-state index in [1.807, 2.05) is 18.2 Å². The van der Waals surface area contributed by atoms with Crippen molar-refractivity contribution in [2.24, 2.45) is 0 Å². The van der Waals surface area contributed by atoms with Crippen molar-refractivity contribution >= 4 is 38.9 Å². The Balaban J connectivity index is 0.00000144. The Bertz CT molecular complexity index is 318. The quantitative estimate of drug-likeness (QED) is 0.682. The zero-order valence-corrected chi connectivity index (χ0v) is 8.43. The van der Waals surface area contributed by atoms with Gasteiger partial charge in [0.15, 0.2) is 0 Å². The molecule has 0 atom stereocenters. The summed E-state index contributed by atoms with van der Waals surface area (Å²) in [5, 5.41) is 0. The average Bonchev–Trinajstić information content (AvgIpc) is 1.83. The van der Waals surface area contributed by atoms with Gasteiger partial charge in [0.1, 0.15) is 5.75 Å². The molecule has 0 N–H and O–H groups in total. The molecule has 0 aromatic heterocycles. The van der Waals surface area contributed by atoms with Crippen molar-refractivity contribution in [3.8, 4) is 5.75 Å². The van der Waals surface area contributed by atoms with Gasteiger partial charge >= 0.3 is 29.6 Å². The van der Waals surface area contributed by atoms with Gasteiger partial charge in [-0.05, 0) is 12.1 Å². The molecule has 0 bridgehead atoms. The van der Waals surface area contributed by atoms with E-state index in [-0.39, 0.29) is 29.6 Å². The van der Waals surface area contributed by atoms with Gasteiger partial charge in [-0.2, -0.15) is 13.6 Å². The zero-order chi connectivity index (χ0) is 9.27. The van der Waals surface area contributed by atoms with Crippen LogP contribution < -0.4 is 4.18 Å². The summed E-state index contributed by atoms with van der Waals surface area (Å²) in [6, 6.07) is 9.20. The van der Waals surface area contributed by atoms with Crippen molar-refractivity contribution in [2.75, 3.05) is 18.8 Å². The first-order valence-electron chi connectivity index (χ1n) is 3.67. The third kappa shape index (κ3) is 6.27. The van der Waals surface area contributed by atoms with Crippen LogP contribution in [-0.4, -0.2) is 52.5 Å². The molecule has 0 aliphatic heterocycles. The van der Waals surface area contributed by atoms with Crippen LogP contribution in [0.25, 0.3) is 0 Å². The maximum atomic E-state index is 11.7. The number of benzene rings is 1. The molecule has 0 radical (unpaired) electrons. The molecule has 0 aliphatic rings. The minimum atomic E-state index is -2.87. The monoisotopic (exact) mass is 210 g/mol. The number of rotatable bonds is 2. The van der Waals surface area contributed by atoms with E-state index in [1.165, 1.54) is 0 Å². The molecule has 2 nitrogen and oxygen atoms in total. The maximum absolute atomic E-state index is 11.7. The van der Waals surface area contributed by atoms with E-state index >= 15 is 0 Å². The molecule has 1 rings (SSSR count). The summed E-state index contributed by atoms with van der Waals surface area (Å²) in [5.41, 5.74) is 0. The SMILES string of the molecule is CS(C)(C)(=O)Oc1ccccc1.[NaH]. The second-order valence-electron chi connectivity index (χ2n) is 3.69. The predicted molar refractivity (Wildman–Crippen MR) is 60.1 cm³/mol. The van der Waals surface area contributed by atoms with Crippen molar-refractivity contribution in [1.29, 1.82) is 0 Å². The van der Waals surface area contributed by atoms with Gasteiger partial charge in [0.25, 0.3) is 0 Å². The summed E-state index contributed by atoms with van der Waals surface area (Å²) in [7, 11) is -2.87. The standard InChI is InChI=1S/C9H14O2S.Na.H/c1-12(2,3,10)11-9-7-5-4-6-8-9;;/h4-8H,1-3H3;;. The molecular weight excluding hydrogens is 195 g/mol. The van der Waals surface area contributed by atoms with Crippen LogP contribution in [-0.2, 0) is 9.35 Å². The van der Waals surface area contributed by atoms with E-state index < -0.39 is 9.35 Å². The summed E-state index contributed by atoms with van der Waals surface area (Å²) in [6.45, 7) is 0. The van der Waals surface area contributed by atoms with Gasteiger partial charge < -0.3 is 4.18 Å². The Hall–Kier alpha value is 0.170. The summed E-state index contributed by atoms with van der Waals surface area (Å²) in [4.78, 5) is 0. The molecule has 0 spiro atoms. The minimum absolute atomic E-state index is 0. The Labute approximate surface area is 102 Å². The first-order valence-corrected chi connectivity index (χ1v) is 6.79. The molecular formula is C9H15NaO2S. The van der Waals surface area contributed by atoms with E-state index in [0.29, 0.717) is 5.75 Å². The molecule has 0 saturated heterocycles. The van der Waals surface area contributed by atoms with E-state index in [2.05, 4.69) is 0 Å². The first kappa shape index (κ1) is 13.2. The molecule has 0 unspecified atom stereocenters. The number of hydrogen-bond acceptors (Lipinski definition) is 2. The normalized spacial score (nSPS) is 13.6. The van der Waals surface area contributed by atoms with Crippen LogP contribution in [0.15, 0.2) is 30.3 Å². The Morgan fingerprint density at radius 3 is 1.92 bits per heavy atom. The van der Waals surface area contributed by atoms with Gasteiger partial charge in [-0.1, -0.05) is 18.2 Å². The molecule has 0 fully saturated rings. The third-order valence-corrected chi connectivity index (χ3v) is 1.88. The van der Waals surface area contributed by atoms with Crippen LogP contribution in [0.5, 0.6) is 5.75 Å². The van der Waals surface area contributed by atoms with Gasteiger partial charge in [0.05, 0.1) is 0 Å². The average molecular weight is 210 g/mol. The molecule has 0 amide bonds. The van der Waals surface area contributed by atoms with Gasteiger partial charge in [-0.15, -0.1) is 0 Å². The van der Waals surface area contributed by atoms with Crippen molar-refractivity contribution in [3.63, 3.8) is 0 Å². The molecule has 0 saturated carbocycles. The predicted octanol–water partition coefficient (Wildman–Crippen LogP) is 1.04. The molecule has 1 aromatic carbocycles. The van der Waals surface area contributed by atoms with Gasteiger partial charge in [-0.3, -0.25) is 0 Å². The van der Waals surface area contributed by atoms with Crippen LogP contribution in [0.1, 0.15) is 0 Å². The number of hydrogen-bond donors (Lipinski definition) is 0. The van der Waals surface area contributed by atoms with Crippen molar-refractivity contribution in [1.82, 2.24) is 0 Å². The van der Waals surface area contributed by atoms with E-state index in [0.717, 1.165) is 0 Å². The molecule has 0 aliphatic carbocycles.